The number of aromatic nitrogens is 1. The van der Waals surface area contributed by atoms with Crippen molar-refractivity contribution < 1.29 is 0 Å². The SMILES string of the molecule is CCCCn1c(-c2ccccc2)c(I)c(=O)c(I)c1-c1ccccc1. The molecule has 0 fully saturated rings. The Hall–Kier alpha value is -1.15. The third-order valence-electron chi connectivity index (χ3n) is 4.18. The average molecular weight is 555 g/mol. The minimum atomic E-state index is 0.117. The van der Waals surface area contributed by atoms with Crippen LogP contribution in [0.2, 0.25) is 0 Å². The Balaban J connectivity index is 2.38. The molecule has 0 atom stereocenters. The smallest absolute Gasteiger partial charge is 0.209 e. The van der Waals surface area contributed by atoms with Crippen LogP contribution in [0.1, 0.15) is 19.8 Å². The van der Waals surface area contributed by atoms with Crippen LogP contribution in [0.15, 0.2) is 65.5 Å². The van der Waals surface area contributed by atoms with E-state index in [1.165, 1.54) is 0 Å². The van der Waals surface area contributed by atoms with Crippen LogP contribution in [0.4, 0.5) is 0 Å². The van der Waals surface area contributed by atoms with Crippen molar-refractivity contribution in [1.29, 1.82) is 0 Å². The van der Waals surface area contributed by atoms with Crippen molar-refractivity contribution in [3.05, 3.63) is 78.0 Å². The number of hydrogen-bond donors (Lipinski definition) is 0. The predicted molar refractivity (Wildman–Crippen MR) is 122 cm³/mol. The van der Waals surface area contributed by atoms with Crippen molar-refractivity contribution in [2.75, 3.05) is 0 Å². The van der Waals surface area contributed by atoms with Gasteiger partial charge in [-0.15, -0.1) is 0 Å². The van der Waals surface area contributed by atoms with E-state index in [-0.39, 0.29) is 5.43 Å². The number of hydrogen-bond acceptors (Lipinski definition) is 1. The molecule has 0 bridgehead atoms. The Morgan fingerprint density at radius 2 is 1.24 bits per heavy atom. The molecule has 3 rings (SSSR count). The number of rotatable bonds is 5. The van der Waals surface area contributed by atoms with E-state index < -0.39 is 0 Å². The first kappa shape index (κ1) is 18.6. The van der Waals surface area contributed by atoms with E-state index in [1.54, 1.807) is 0 Å². The lowest BCUT2D eigenvalue weighted by molar-refractivity contribution is 0.635. The van der Waals surface area contributed by atoms with Gasteiger partial charge >= 0.3 is 0 Å². The van der Waals surface area contributed by atoms with Gasteiger partial charge in [-0.05, 0) is 62.7 Å². The van der Waals surface area contributed by atoms with Crippen molar-refractivity contribution in [3.63, 3.8) is 0 Å². The molecule has 0 saturated heterocycles. The lowest BCUT2D eigenvalue weighted by Gasteiger charge is -2.22. The van der Waals surface area contributed by atoms with Gasteiger partial charge in [0.15, 0.2) is 0 Å². The quantitative estimate of drug-likeness (QED) is 0.345. The molecule has 128 valence electrons. The molecule has 0 aliphatic carbocycles. The third-order valence-corrected chi connectivity index (χ3v) is 6.19. The van der Waals surface area contributed by atoms with Gasteiger partial charge in [0, 0.05) is 6.54 Å². The molecule has 0 aliphatic rings. The highest BCUT2D eigenvalue weighted by molar-refractivity contribution is 14.1. The van der Waals surface area contributed by atoms with Crippen LogP contribution >= 0.6 is 45.2 Å². The Morgan fingerprint density at radius 3 is 1.64 bits per heavy atom. The highest BCUT2D eigenvalue weighted by atomic mass is 127. The van der Waals surface area contributed by atoms with E-state index in [1.807, 2.05) is 36.4 Å². The zero-order valence-electron chi connectivity index (χ0n) is 14.0. The van der Waals surface area contributed by atoms with Gasteiger partial charge in [0.25, 0.3) is 0 Å². The summed E-state index contributed by atoms with van der Waals surface area (Å²) in [5.74, 6) is 0. The Bertz CT molecular complexity index is 848. The molecular formula is C21H19I2NO. The fourth-order valence-corrected chi connectivity index (χ4v) is 5.22. The highest BCUT2D eigenvalue weighted by Crippen LogP contribution is 2.32. The summed E-state index contributed by atoms with van der Waals surface area (Å²) in [6.07, 6.45) is 2.19. The summed E-state index contributed by atoms with van der Waals surface area (Å²) in [5.41, 5.74) is 4.35. The standard InChI is InChI=1S/C21H19I2NO/c1-2-3-14-24-19(15-10-6-4-7-11-15)17(22)21(25)18(23)20(24)16-12-8-5-9-13-16/h4-13H,2-3,14H2,1H3. The van der Waals surface area contributed by atoms with Crippen LogP contribution in [-0.4, -0.2) is 4.57 Å². The largest absolute Gasteiger partial charge is 0.339 e. The van der Waals surface area contributed by atoms with Crippen molar-refractivity contribution in [1.82, 2.24) is 4.57 Å². The van der Waals surface area contributed by atoms with Gasteiger partial charge in [-0.1, -0.05) is 74.0 Å². The second kappa shape index (κ2) is 8.49. The van der Waals surface area contributed by atoms with Crippen LogP contribution in [0.3, 0.4) is 0 Å². The second-order valence-corrected chi connectivity index (χ2v) is 8.05. The summed E-state index contributed by atoms with van der Waals surface area (Å²) in [4.78, 5) is 13.0. The summed E-state index contributed by atoms with van der Waals surface area (Å²) in [6, 6.07) is 20.5. The molecule has 1 aromatic heterocycles. The van der Waals surface area contributed by atoms with Crippen molar-refractivity contribution in [2.24, 2.45) is 0 Å². The first-order chi connectivity index (χ1) is 12.1. The van der Waals surface area contributed by atoms with Crippen LogP contribution in [0, 0.1) is 7.14 Å². The molecule has 2 nitrogen and oxygen atoms in total. The maximum absolute atomic E-state index is 13.0. The van der Waals surface area contributed by atoms with E-state index >= 15 is 0 Å². The Labute approximate surface area is 175 Å². The summed E-state index contributed by atoms with van der Waals surface area (Å²) < 4.78 is 3.92. The lowest BCUT2D eigenvalue weighted by Crippen LogP contribution is -2.21. The molecular weight excluding hydrogens is 536 g/mol. The zero-order valence-corrected chi connectivity index (χ0v) is 18.3. The number of benzene rings is 2. The van der Waals surface area contributed by atoms with Crippen LogP contribution in [0.5, 0.6) is 0 Å². The van der Waals surface area contributed by atoms with Crippen LogP contribution in [-0.2, 0) is 6.54 Å². The Morgan fingerprint density at radius 1 is 0.800 bits per heavy atom. The lowest BCUT2D eigenvalue weighted by atomic mass is 10.1. The molecule has 0 saturated carbocycles. The normalized spacial score (nSPS) is 10.8. The molecule has 1 heterocycles. The maximum Gasteiger partial charge on any atom is 0.209 e. The summed E-state index contributed by atoms with van der Waals surface area (Å²) >= 11 is 4.42. The van der Waals surface area contributed by atoms with Gasteiger partial charge in [-0.3, -0.25) is 4.79 Å². The number of unbranched alkanes of at least 4 members (excludes halogenated alkanes) is 1. The fraction of sp³-hybridized carbons (Fsp3) is 0.190. The molecule has 0 unspecified atom stereocenters. The molecule has 4 heteroatoms. The van der Waals surface area contributed by atoms with Crippen LogP contribution in [0.25, 0.3) is 22.5 Å². The topological polar surface area (TPSA) is 22.0 Å². The van der Waals surface area contributed by atoms with Gasteiger partial charge in [-0.25, -0.2) is 0 Å². The van der Waals surface area contributed by atoms with E-state index in [2.05, 4.69) is 80.9 Å². The molecule has 0 amide bonds. The van der Waals surface area contributed by atoms with E-state index in [4.69, 9.17) is 0 Å². The third kappa shape index (κ3) is 3.84. The molecule has 3 aromatic rings. The van der Waals surface area contributed by atoms with E-state index in [0.717, 1.165) is 49.0 Å². The minimum Gasteiger partial charge on any atom is -0.339 e. The molecule has 0 aliphatic heterocycles. The van der Waals surface area contributed by atoms with Gasteiger partial charge < -0.3 is 4.57 Å². The summed E-state index contributed by atoms with van der Waals surface area (Å²) in [5, 5.41) is 0. The monoisotopic (exact) mass is 555 g/mol. The molecule has 0 spiro atoms. The predicted octanol–water partition coefficient (Wildman–Crippen LogP) is 6.19. The van der Waals surface area contributed by atoms with Crippen LogP contribution < -0.4 is 5.43 Å². The molecule has 2 aromatic carbocycles. The van der Waals surface area contributed by atoms with Crippen molar-refractivity contribution in [2.45, 2.75) is 26.3 Å². The van der Waals surface area contributed by atoms with Gasteiger partial charge in [-0.2, -0.15) is 0 Å². The number of nitrogens with zero attached hydrogens (tertiary/aromatic N) is 1. The van der Waals surface area contributed by atoms with Gasteiger partial charge in [0.1, 0.15) is 0 Å². The molecule has 0 N–H and O–H groups in total. The minimum absolute atomic E-state index is 0.117. The van der Waals surface area contributed by atoms with E-state index in [9.17, 15) is 4.79 Å². The number of pyridine rings is 1. The first-order valence-corrected chi connectivity index (χ1v) is 10.5. The van der Waals surface area contributed by atoms with Crippen molar-refractivity contribution in [3.8, 4) is 22.5 Å². The van der Waals surface area contributed by atoms with Crippen molar-refractivity contribution >= 4 is 45.2 Å². The highest BCUT2D eigenvalue weighted by Gasteiger charge is 2.20. The van der Waals surface area contributed by atoms with Gasteiger partial charge in [0.05, 0.1) is 18.5 Å². The fourth-order valence-electron chi connectivity index (χ4n) is 2.96. The average Bonchev–Trinajstić information content (AvgIpc) is 2.66. The molecule has 25 heavy (non-hydrogen) atoms. The first-order valence-electron chi connectivity index (χ1n) is 8.37. The summed E-state index contributed by atoms with van der Waals surface area (Å²) in [7, 11) is 0. The number of halogens is 2. The summed E-state index contributed by atoms with van der Waals surface area (Å²) in [6.45, 7) is 3.10. The maximum atomic E-state index is 13.0. The zero-order chi connectivity index (χ0) is 17.8. The van der Waals surface area contributed by atoms with E-state index in [0.29, 0.717) is 0 Å². The Kier molecular flexibility index (Phi) is 6.33. The molecule has 0 radical (unpaired) electrons. The van der Waals surface area contributed by atoms with Gasteiger partial charge in [0.2, 0.25) is 5.43 Å². The second-order valence-electron chi connectivity index (χ2n) is 5.89.